The number of benzene rings is 2. The van der Waals surface area contributed by atoms with Crippen LogP contribution in [-0.4, -0.2) is 31.1 Å². The molecular formula is C16H16N2O5. The number of hydrogen-bond acceptors (Lipinski definition) is 5. The smallest absolute Gasteiger partial charge is 0.282 e. The summed E-state index contributed by atoms with van der Waals surface area (Å²) >= 11 is 0. The van der Waals surface area contributed by atoms with Gasteiger partial charge in [-0.05, 0) is 30.3 Å². The predicted octanol–water partition coefficient (Wildman–Crippen LogP) is 2.41. The summed E-state index contributed by atoms with van der Waals surface area (Å²) in [6, 6.07) is 12.8. The summed E-state index contributed by atoms with van der Waals surface area (Å²) in [7, 11) is 1.58. The molecule has 7 heteroatoms. The molecule has 0 saturated carbocycles. The highest BCUT2D eigenvalue weighted by atomic mass is 16.6. The highest BCUT2D eigenvalue weighted by Crippen LogP contribution is 2.18. The fourth-order valence-corrected chi connectivity index (χ4v) is 1.93. The molecule has 0 radical (unpaired) electrons. The highest BCUT2D eigenvalue weighted by Gasteiger charge is 2.18. The second-order valence-electron chi connectivity index (χ2n) is 4.55. The van der Waals surface area contributed by atoms with Gasteiger partial charge in [0.05, 0.1) is 18.6 Å². The minimum Gasteiger partial charge on any atom is -0.497 e. The van der Waals surface area contributed by atoms with Crippen LogP contribution in [0, 0.1) is 10.1 Å². The van der Waals surface area contributed by atoms with E-state index in [-0.39, 0.29) is 24.4 Å². The van der Waals surface area contributed by atoms with Crippen LogP contribution in [0.4, 0.5) is 5.69 Å². The van der Waals surface area contributed by atoms with E-state index < -0.39 is 10.8 Å². The van der Waals surface area contributed by atoms with Crippen LogP contribution in [0.15, 0.2) is 48.5 Å². The third-order valence-electron chi connectivity index (χ3n) is 3.06. The molecule has 0 aliphatic carbocycles. The first kappa shape index (κ1) is 16.3. The van der Waals surface area contributed by atoms with Gasteiger partial charge in [0, 0.05) is 6.07 Å². The standard InChI is InChI=1S/C16H16N2O5/c1-22-12-6-8-13(9-7-12)23-11-10-17-16(19)14-4-2-3-5-15(14)18(20)21/h2-9H,10-11H2,1H3,(H,17,19). The summed E-state index contributed by atoms with van der Waals surface area (Å²) in [5, 5.41) is 13.5. The Balaban J connectivity index is 1.84. The molecule has 2 aromatic rings. The van der Waals surface area contributed by atoms with Crippen molar-refractivity contribution in [3.8, 4) is 11.5 Å². The maximum Gasteiger partial charge on any atom is 0.282 e. The number of nitrogens with one attached hydrogen (secondary N) is 1. The number of nitrogens with zero attached hydrogens (tertiary/aromatic N) is 1. The number of amides is 1. The van der Waals surface area contributed by atoms with E-state index in [0.29, 0.717) is 5.75 Å². The number of methoxy groups -OCH3 is 1. The molecule has 0 saturated heterocycles. The van der Waals surface area contributed by atoms with Gasteiger partial charge in [0.25, 0.3) is 11.6 Å². The molecule has 0 fully saturated rings. The normalized spacial score (nSPS) is 9.96. The third kappa shape index (κ3) is 4.44. The number of nitro benzene ring substituents is 1. The number of carbonyl (C=O) groups excluding carboxylic acids is 1. The highest BCUT2D eigenvalue weighted by molar-refractivity contribution is 5.98. The first-order valence-corrected chi connectivity index (χ1v) is 6.90. The van der Waals surface area contributed by atoms with Gasteiger partial charge in [0.2, 0.25) is 0 Å². The average molecular weight is 316 g/mol. The summed E-state index contributed by atoms with van der Waals surface area (Å²) in [5.74, 6) is 0.864. The molecule has 23 heavy (non-hydrogen) atoms. The first-order chi connectivity index (χ1) is 11.1. The van der Waals surface area contributed by atoms with E-state index >= 15 is 0 Å². The van der Waals surface area contributed by atoms with Crippen LogP contribution in [0.2, 0.25) is 0 Å². The van der Waals surface area contributed by atoms with Gasteiger partial charge in [-0.3, -0.25) is 14.9 Å². The Morgan fingerprint density at radius 2 is 1.78 bits per heavy atom. The SMILES string of the molecule is COc1ccc(OCCNC(=O)c2ccccc2[N+](=O)[O-])cc1. The van der Waals surface area contributed by atoms with Crippen molar-refractivity contribution in [2.75, 3.05) is 20.3 Å². The molecule has 0 aliphatic rings. The molecule has 1 N–H and O–H groups in total. The van der Waals surface area contributed by atoms with E-state index in [2.05, 4.69) is 5.32 Å². The second-order valence-corrected chi connectivity index (χ2v) is 4.55. The number of carbonyl (C=O) groups is 1. The lowest BCUT2D eigenvalue weighted by atomic mass is 10.1. The molecule has 0 unspecified atom stereocenters. The van der Waals surface area contributed by atoms with Crippen molar-refractivity contribution in [3.05, 3.63) is 64.2 Å². The zero-order chi connectivity index (χ0) is 16.7. The van der Waals surface area contributed by atoms with Crippen LogP contribution in [0.1, 0.15) is 10.4 Å². The molecule has 0 aliphatic heterocycles. The van der Waals surface area contributed by atoms with Crippen LogP contribution in [-0.2, 0) is 0 Å². The Morgan fingerprint density at radius 3 is 2.43 bits per heavy atom. The van der Waals surface area contributed by atoms with Crippen molar-refractivity contribution in [2.45, 2.75) is 0 Å². The fourth-order valence-electron chi connectivity index (χ4n) is 1.93. The van der Waals surface area contributed by atoms with Gasteiger partial charge >= 0.3 is 0 Å². The molecule has 0 spiro atoms. The van der Waals surface area contributed by atoms with Crippen molar-refractivity contribution in [2.24, 2.45) is 0 Å². The van der Waals surface area contributed by atoms with Crippen LogP contribution in [0.5, 0.6) is 11.5 Å². The molecule has 2 aromatic carbocycles. The topological polar surface area (TPSA) is 90.7 Å². The molecule has 0 atom stereocenters. The van der Waals surface area contributed by atoms with Crippen LogP contribution in [0.3, 0.4) is 0 Å². The molecule has 1 amide bonds. The van der Waals surface area contributed by atoms with E-state index in [1.165, 1.54) is 18.2 Å². The van der Waals surface area contributed by atoms with Crippen molar-refractivity contribution >= 4 is 11.6 Å². The van der Waals surface area contributed by atoms with Crippen LogP contribution in [0.25, 0.3) is 0 Å². The quantitative estimate of drug-likeness (QED) is 0.481. The third-order valence-corrected chi connectivity index (χ3v) is 3.06. The van der Waals surface area contributed by atoms with Gasteiger partial charge < -0.3 is 14.8 Å². The Kier molecular flexibility index (Phi) is 5.51. The number of hydrogen-bond donors (Lipinski definition) is 1. The summed E-state index contributed by atoms with van der Waals surface area (Å²) in [6.07, 6.45) is 0. The molecule has 7 nitrogen and oxygen atoms in total. The maximum atomic E-state index is 12.0. The van der Waals surface area contributed by atoms with E-state index in [9.17, 15) is 14.9 Å². The molecule has 0 aromatic heterocycles. The average Bonchev–Trinajstić information content (AvgIpc) is 2.59. The Bertz CT molecular complexity index is 685. The number of nitro groups is 1. The van der Waals surface area contributed by atoms with Gasteiger partial charge in [0.1, 0.15) is 23.7 Å². The Labute approximate surface area is 133 Å². The summed E-state index contributed by atoms with van der Waals surface area (Å²) in [5.41, 5.74) is -0.192. The lowest BCUT2D eigenvalue weighted by molar-refractivity contribution is -0.385. The van der Waals surface area contributed by atoms with Crippen molar-refractivity contribution in [3.63, 3.8) is 0 Å². The zero-order valence-electron chi connectivity index (χ0n) is 12.5. The van der Waals surface area contributed by atoms with Gasteiger partial charge in [0.15, 0.2) is 0 Å². The molecule has 120 valence electrons. The number of rotatable bonds is 7. The Hall–Kier alpha value is -3.09. The fraction of sp³-hybridized carbons (Fsp3) is 0.188. The van der Waals surface area contributed by atoms with Gasteiger partial charge in [-0.1, -0.05) is 12.1 Å². The minimum absolute atomic E-state index is 0.0296. The summed E-state index contributed by atoms with van der Waals surface area (Å²) in [4.78, 5) is 22.3. The van der Waals surface area contributed by atoms with Crippen LogP contribution >= 0.6 is 0 Å². The van der Waals surface area contributed by atoms with E-state index in [4.69, 9.17) is 9.47 Å². The summed E-state index contributed by atoms with van der Waals surface area (Å²) in [6.45, 7) is 0.482. The molecule has 2 rings (SSSR count). The molecule has 0 bridgehead atoms. The number of para-hydroxylation sites is 1. The lowest BCUT2D eigenvalue weighted by Gasteiger charge is -2.08. The summed E-state index contributed by atoms with van der Waals surface area (Å²) < 4.78 is 10.5. The van der Waals surface area contributed by atoms with E-state index in [1.54, 1.807) is 37.4 Å². The maximum absolute atomic E-state index is 12.0. The van der Waals surface area contributed by atoms with E-state index in [0.717, 1.165) is 5.75 Å². The lowest BCUT2D eigenvalue weighted by Crippen LogP contribution is -2.28. The van der Waals surface area contributed by atoms with Gasteiger partial charge in [-0.2, -0.15) is 0 Å². The Morgan fingerprint density at radius 1 is 1.13 bits per heavy atom. The van der Waals surface area contributed by atoms with Crippen molar-refractivity contribution in [1.29, 1.82) is 0 Å². The monoisotopic (exact) mass is 316 g/mol. The predicted molar refractivity (Wildman–Crippen MR) is 83.9 cm³/mol. The zero-order valence-corrected chi connectivity index (χ0v) is 12.5. The first-order valence-electron chi connectivity index (χ1n) is 6.90. The van der Waals surface area contributed by atoms with Gasteiger partial charge in [-0.15, -0.1) is 0 Å². The van der Waals surface area contributed by atoms with E-state index in [1.807, 2.05) is 0 Å². The van der Waals surface area contributed by atoms with Crippen molar-refractivity contribution < 1.29 is 19.2 Å². The van der Waals surface area contributed by atoms with Crippen LogP contribution < -0.4 is 14.8 Å². The second kappa shape index (κ2) is 7.79. The van der Waals surface area contributed by atoms with Gasteiger partial charge in [-0.25, -0.2) is 0 Å². The minimum atomic E-state index is -0.581. The molecule has 0 heterocycles. The number of ether oxygens (including phenoxy) is 2. The molecular weight excluding hydrogens is 300 g/mol. The largest absolute Gasteiger partial charge is 0.497 e. The van der Waals surface area contributed by atoms with Crippen molar-refractivity contribution in [1.82, 2.24) is 5.32 Å².